The van der Waals surface area contributed by atoms with Crippen molar-refractivity contribution in [3.05, 3.63) is 35.9 Å². The van der Waals surface area contributed by atoms with Crippen molar-refractivity contribution < 1.29 is 14.3 Å². The highest BCUT2D eigenvalue weighted by atomic mass is 16.5. The monoisotopic (exact) mass is 244 g/mol. The Morgan fingerprint density at radius 1 is 1.11 bits per heavy atom. The highest BCUT2D eigenvalue weighted by molar-refractivity contribution is 6.06. The summed E-state index contributed by atoms with van der Waals surface area (Å²) in [6, 6.07) is 9.50. The fourth-order valence-corrected chi connectivity index (χ4v) is 2.10. The van der Waals surface area contributed by atoms with E-state index in [1.165, 1.54) is 0 Å². The maximum Gasteiger partial charge on any atom is 0.166 e. The predicted molar refractivity (Wildman–Crippen MR) is 71.7 cm³/mol. The quantitative estimate of drug-likeness (QED) is 0.773. The Morgan fingerprint density at radius 2 is 1.78 bits per heavy atom. The summed E-state index contributed by atoms with van der Waals surface area (Å²) in [7, 11) is 3.19. The van der Waals surface area contributed by atoms with Crippen molar-refractivity contribution in [2.75, 3.05) is 14.2 Å². The number of Topliss-reactive ketones (excluding diaryl/α,β-unsaturated/α-hetero) is 1. The summed E-state index contributed by atoms with van der Waals surface area (Å²) in [4.78, 5) is 12.0. The summed E-state index contributed by atoms with van der Waals surface area (Å²) in [6.45, 7) is 1.84. The Hall–Kier alpha value is -2.03. The second kappa shape index (κ2) is 5.08. The maximum absolute atomic E-state index is 12.0. The molecule has 2 aromatic carbocycles. The summed E-state index contributed by atoms with van der Waals surface area (Å²) in [5, 5.41) is 1.85. The summed E-state index contributed by atoms with van der Waals surface area (Å²) < 4.78 is 10.8. The van der Waals surface area contributed by atoms with Gasteiger partial charge in [0.15, 0.2) is 5.78 Å². The Bertz CT molecular complexity index is 588. The van der Waals surface area contributed by atoms with Crippen LogP contribution in [0.4, 0.5) is 0 Å². The first-order valence-electron chi connectivity index (χ1n) is 5.89. The Labute approximate surface area is 106 Å². The van der Waals surface area contributed by atoms with Crippen molar-refractivity contribution >= 4 is 16.6 Å². The molecule has 0 radical (unpaired) electrons. The third kappa shape index (κ3) is 1.92. The average Bonchev–Trinajstić information content (AvgIpc) is 2.44. The molecule has 18 heavy (non-hydrogen) atoms. The van der Waals surface area contributed by atoms with E-state index in [0.29, 0.717) is 23.5 Å². The van der Waals surface area contributed by atoms with E-state index in [4.69, 9.17) is 9.47 Å². The van der Waals surface area contributed by atoms with Gasteiger partial charge in [0.05, 0.1) is 19.8 Å². The van der Waals surface area contributed by atoms with Crippen molar-refractivity contribution in [3.63, 3.8) is 0 Å². The minimum Gasteiger partial charge on any atom is -0.496 e. The number of ketones is 1. The zero-order valence-corrected chi connectivity index (χ0v) is 10.8. The zero-order chi connectivity index (χ0) is 13.1. The van der Waals surface area contributed by atoms with Crippen LogP contribution in [-0.4, -0.2) is 20.0 Å². The molecule has 0 bridgehead atoms. The number of carbonyl (C=O) groups excluding carboxylic acids is 1. The highest BCUT2D eigenvalue weighted by Gasteiger charge is 2.17. The van der Waals surface area contributed by atoms with E-state index in [1.807, 2.05) is 31.2 Å². The van der Waals surface area contributed by atoms with Crippen LogP contribution >= 0.6 is 0 Å². The summed E-state index contributed by atoms with van der Waals surface area (Å²) in [5.74, 6) is 1.37. The molecule has 0 heterocycles. The summed E-state index contributed by atoms with van der Waals surface area (Å²) >= 11 is 0. The van der Waals surface area contributed by atoms with E-state index >= 15 is 0 Å². The first kappa shape index (κ1) is 12.4. The molecule has 0 N–H and O–H groups in total. The van der Waals surface area contributed by atoms with Crippen LogP contribution in [0.3, 0.4) is 0 Å². The molecular formula is C15H16O3. The first-order chi connectivity index (χ1) is 8.72. The number of ether oxygens (including phenoxy) is 2. The largest absolute Gasteiger partial charge is 0.496 e. The second-order valence-corrected chi connectivity index (χ2v) is 3.98. The molecule has 94 valence electrons. The van der Waals surface area contributed by atoms with Crippen molar-refractivity contribution in [3.8, 4) is 11.5 Å². The molecule has 0 saturated carbocycles. The predicted octanol–water partition coefficient (Wildman–Crippen LogP) is 3.45. The van der Waals surface area contributed by atoms with Gasteiger partial charge in [0, 0.05) is 17.2 Å². The number of hydrogen-bond acceptors (Lipinski definition) is 3. The van der Waals surface area contributed by atoms with Crippen molar-refractivity contribution in [2.24, 2.45) is 0 Å². The van der Waals surface area contributed by atoms with Gasteiger partial charge in [-0.3, -0.25) is 4.79 Å². The van der Waals surface area contributed by atoms with Crippen LogP contribution in [0.15, 0.2) is 30.3 Å². The minimum atomic E-state index is 0.0518. The number of fused-ring (bicyclic) bond motifs is 1. The van der Waals surface area contributed by atoms with Gasteiger partial charge in [-0.2, -0.15) is 0 Å². The Morgan fingerprint density at radius 3 is 2.33 bits per heavy atom. The number of hydrogen-bond donors (Lipinski definition) is 0. The lowest BCUT2D eigenvalue weighted by molar-refractivity contribution is 0.0985. The third-order valence-corrected chi connectivity index (χ3v) is 3.00. The molecule has 2 rings (SSSR count). The molecule has 0 spiro atoms. The molecule has 3 nitrogen and oxygen atoms in total. The van der Waals surface area contributed by atoms with Gasteiger partial charge >= 0.3 is 0 Å². The van der Waals surface area contributed by atoms with Gasteiger partial charge in [0.25, 0.3) is 0 Å². The van der Waals surface area contributed by atoms with Crippen LogP contribution < -0.4 is 9.47 Å². The molecule has 0 aromatic heterocycles. The topological polar surface area (TPSA) is 35.5 Å². The minimum absolute atomic E-state index is 0.0518. The molecule has 0 aliphatic carbocycles. The highest BCUT2D eigenvalue weighted by Crippen LogP contribution is 2.36. The Balaban J connectivity index is 2.83. The van der Waals surface area contributed by atoms with Crippen LogP contribution in [0.2, 0.25) is 0 Å². The molecule has 0 aliphatic rings. The van der Waals surface area contributed by atoms with Crippen LogP contribution in [-0.2, 0) is 0 Å². The number of carbonyl (C=O) groups is 1. The lowest BCUT2D eigenvalue weighted by Gasteiger charge is -2.13. The van der Waals surface area contributed by atoms with E-state index in [1.54, 1.807) is 20.3 Å². The van der Waals surface area contributed by atoms with Gasteiger partial charge in [-0.1, -0.05) is 31.2 Å². The van der Waals surface area contributed by atoms with Crippen molar-refractivity contribution in [2.45, 2.75) is 13.3 Å². The SMILES string of the molecule is CCC(=O)c1cc(OC)c2ccccc2c1OC. The molecule has 0 aliphatic heterocycles. The fourth-order valence-electron chi connectivity index (χ4n) is 2.10. The van der Waals surface area contributed by atoms with Gasteiger partial charge in [-0.25, -0.2) is 0 Å². The standard InChI is InChI=1S/C15H16O3/c1-4-13(16)12-9-14(17-2)10-7-5-6-8-11(10)15(12)18-3/h5-9H,4H2,1-3H3. The molecule has 0 unspecified atom stereocenters. The first-order valence-corrected chi connectivity index (χ1v) is 5.89. The smallest absolute Gasteiger partial charge is 0.166 e. The van der Waals surface area contributed by atoms with Gasteiger partial charge < -0.3 is 9.47 Å². The maximum atomic E-state index is 12.0. The number of rotatable bonds is 4. The fraction of sp³-hybridized carbons (Fsp3) is 0.267. The van der Waals surface area contributed by atoms with Crippen molar-refractivity contribution in [1.82, 2.24) is 0 Å². The third-order valence-electron chi connectivity index (χ3n) is 3.00. The van der Waals surface area contributed by atoms with Gasteiger partial charge in [-0.15, -0.1) is 0 Å². The number of benzene rings is 2. The lowest BCUT2D eigenvalue weighted by Crippen LogP contribution is -2.02. The van der Waals surface area contributed by atoms with Crippen molar-refractivity contribution in [1.29, 1.82) is 0 Å². The van der Waals surface area contributed by atoms with Gasteiger partial charge in [-0.05, 0) is 6.07 Å². The van der Waals surface area contributed by atoms with E-state index < -0.39 is 0 Å². The van der Waals surface area contributed by atoms with Gasteiger partial charge in [0.1, 0.15) is 11.5 Å². The molecule has 3 heteroatoms. The zero-order valence-electron chi connectivity index (χ0n) is 10.8. The lowest BCUT2D eigenvalue weighted by atomic mass is 10.0. The van der Waals surface area contributed by atoms with E-state index in [-0.39, 0.29) is 5.78 Å². The van der Waals surface area contributed by atoms with E-state index in [2.05, 4.69) is 0 Å². The summed E-state index contributed by atoms with van der Waals surface area (Å²) in [6.07, 6.45) is 0.442. The molecular weight excluding hydrogens is 228 g/mol. The normalized spacial score (nSPS) is 10.4. The van der Waals surface area contributed by atoms with Crippen LogP contribution in [0.25, 0.3) is 10.8 Å². The number of methoxy groups -OCH3 is 2. The molecule has 2 aromatic rings. The Kier molecular flexibility index (Phi) is 3.51. The average molecular weight is 244 g/mol. The van der Waals surface area contributed by atoms with Crippen LogP contribution in [0.5, 0.6) is 11.5 Å². The molecule has 0 amide bonds. The molecule has 0 saturated heterocycles. The van der Waals surface area contributed by atoms with E-state index in [0.717, 1.165) is 10.8 Å². The van der Waals surface area contributed by atoms with E-state index in [9.17, 15) is 4.79 Å². The summed E-state index contributed by atoms with van der Waals surface area (Å²) in [5.41, 5.74) is 0.579. The van der Waals surface area contributed by atoms with Gasteiger partial charge in [0.2, 0.25) is 0 Å². The molecule has 0 fully saturated rings. The van der Waals surface area contributed by atoms with Crippen LogP contribution in [0, 0.1) is 0 Å². The van der Waals surface area contributed by atoms with Crippen LogP contribution in [0.1, 0.15) is 23.7 Å². The molecule has 0 atom stereocenters. The second-order valence-electron chi connectivity index (χ2n) is 3.98.